The molecule has 3 saturated heterocycles. The number of thiophene rings is 5. The number of carbonyl (C=O) groups excluding carboxylic acids is 4. The lowest BCUT2D eigenvalue weighted by molar-refractivity contribution is -0.191. The molecular weight excluding hydrogens is 1230 g/mol. The highest BCUT2D eigenvalue weighted by atomic mass is 79.9. The van der Waals surface area contributed by atoms with Gasteiger partial charge in [0.25, 0.3) is 0 Å². The number of hydrogen-bond acceptors (Lipinski definition) is 18. The Kier molecular flexibility index (Phi) is 28.0. The molecule has 0 spiro atoms. The van der Waals surface area contributed by atoms with Crippen molar-refractivity contribution >= 4 is 172 Å². The summed E-state index contributed by atoms with van der Waals surface area (Å²) in [4.78, 5) is 48.6. The Morgan fingerprint density at radius 2 is 1.06 bits per heavy atom. The molecule has 0 unspecified atom stereocenters. The fraction of sp³-hybridized carbons (Fsp3) is 0.453. The zero-order valence-corrected chi connectivity index (χ0v) is 54.9. The summed E-state index contributed by atoms with van der Waals surface area (Å²) in [6.45, 7) is 34.9. The zero-order valence-electron chi connectivity index (χ0n) is 46.8. The number of nitrogens with zero attached hydrogens (tertiary/aromatic N) is 2. The molecule has 10 rings (SSSR count). The quantitative estimate of drug-likeness (QED) is 0.0763. The van der Waals surface area contributed by atoms with Gasteiger partial charge in [-0.25, -0.2) is 0 Å². The maximum atomic E-state index is 9.46. The lowest BCUT2D eigenvalue weighted by Crippen LogP contribution is -2.41. The first-order chi connectivity index (χ1) is 35.2. The first kappa shape index (κ1) is 70.2. The van der Waals surface area contributed by atoms with Crippen LogP contribution < -0.4 is 11.2 Å². The Labute approximate surface area is 499 Å². The van der Waals surface area contributed by atoms with E-state index in [0.29, 0.717) is 12.6 Å². The number of hydrogen-bond donors (Lipinski definition) is 1. The molecule has 2 N–H and O–H groups in total. The number of rotatable bonds is 4. The summed E-state index contributed by atoms with van der Waals surface area (Å²) in [7, 11) is -1.28. The Balaban J connectivity index is 0.000000318. The second-order valence-corrected chi connectivity index (χ2v) is 28.1. The van der Waals surface area contributed by atoms with Crippen LogP contribution in [0, 0.1) is 34.6 Å². The average molecular weight is 1300 g/mol. The van der Waals surface area contributed by atoms with E-state index in [1.54, 1.807) is 56.7 Å². The van der Waals surface area contributed by atoms with Crippen molar-refractivity contribution in [3.63, 3.8) is 0 Å². The minimum Gasteiger partial charge on any atom is -0.405 e. The van der Waals surface area contributed by atoms with Gasteiger partial charge in [0.05, 0.1) is 54.0 Å². The molecule has 0 aliphatic carbocycles. The van der Waals surface area contributed by atoms with Crippen molar-refractivity contribution in [1.82, 2.24) is 9.97 Å². The van der Waals surface area contributed by atoms with E-state index in [9.17, 15) is 9.59 Å². The summed E-state index contributed by atoms with van der Waals surface area (Å²) in [6, 6.07) is 16.6. The van der Waals surface area contributed by atoms with Crippen LogP contribution in [0.5, 0.6) is 0 Å². The number of alkyl halides is 1. The molecule has 0 aromatic carbocycles. The van der Waals surface area contributed by atoms with E-state index >= 15 is 0 Å². The van der Waals surface area contributed by atoms with E-state index in [-0.39, 0.29) is 59.3 Å². The van der Waals surface area contributed by atoms with Crippen LogP contribution in [0.1, 0.15) is 108 Å². The maximum Gasteiger partial charge on any atom is 0.496 e. The van der Waals surface area contributed by atoms with E-state index in [0.717, 1.165) is 26.7 Å². The number of aldehydes is 2. The lowest BCUT2D eigenvalue weighted by atomic mass is 9.49. The average Bonchev–Trinajstić information content (AvgIpc) is 4.22. The van der Waals surface area contributed by atoms with E-state index in [1.165, 1.54) is 34.5 Å². The number of anilines is 1. The standard InChI is InChI=1S/C13H16BNO2S.C12H24B2O4.C8H6BrNS.C6H8S.C5H7NS.C5H6S.C3H3BrO2.CO2.ClH/c1-12(2)13(3,4)17-14(16-12)9-7-11-10(15-8-9)5-6-18-11;1-9(2)10(3,4)16-13(15-9)14-17-11(5,6)12(7,8)18-14;1-5-2-7-8(11-5)3-6(9)4-10-7;1-5-3-6(2)7-4-5;1-4-2-5(6)3-7-4;1-5-3-2-4-6-5;4-3(1-5)2-6;2-1-3;/h5-8H,1-4H3;1-8H3;2-4H,1H3;3-4H,1-2H3;2-3H,6H2,1H3;2-4H,1H3;1-3H;;1H. The van der Waals surface area contributed by atoms with Gasteiger partial charge >= 0.3 is 27.3 Å². The molecule has 418 valence electrons. The fourth-order valence-corrected chi connectivity index (χ4v) is 10.4. The number of fused-ring (bicyclic) bond motifs is 2. The second-order valence-electron chi connectivity index (χ2n) is 20.6. The van der Waals surface area contributed by atoms with E-state index in [2.05, 4.69) is 144 Å². The first-order valence-electron chi connectivity index (χ1n) is 24.0. The zero-order chi connectivity index (χ0) is 57.5. The van der Waals surface area contributed by atoms with Gasteiger partial charge in [0.2, 0.25) is 0 Å². The normalized spacial score (nSPS) is 17.2. The van der Waals surface area contributed by atoms with Crippen molar-refractivity contribution in [2.24, 2.45) is 0 Å². The third-order valence-corrected chi connectivity index (χ3v) is 18.0. The molecule has 77 heavy (non-hydrogen) atoms. The summed E-state index contributed by atoms with van der Waals surface area (Å²) in [5.41, 5.74) is 8.71. The molecule has 7 aromatic rings. The van der Waals surface area contributed by atoms with Crippen molar-refractivity contribution < 1.29 is 47.1 Å². The van der Waals surface area contributed by atoms with Gasteiger partial charge in [-0.1, -0.05) is 22.0 Å². The third kappa shape index (κ3) is 21.5. The van der Waals surface area contributed by atoms with Crippen LogP contribution in [0.2, 0.25) is 0 Å². The van der Waals surface area contributed by atoms with E-state index in [1.807, 2.05) is 97.6 Å². The Hall–Kier alpha value is -2.96. The number of aryl methyl sites for hydroxylation is 5. The van der Waals surface area contributed by atoms with Crippen molar-refractivity contribution in [2.45, 2.75) is 156 Å². The second kappa shape index (κ2) is 30.7. The van der Waals surface area contributed by atoms with Crippen LogP contribution in [0.3, 0.4) is 0 Å². The van der Waals surface area contributed by atoms with Crippen molar-refractivity contribution in [2.75, 3.05) is 5.73 Å². The lowest BCUT2D eigenvalue weighted by Gasteiger charge is -2.32. The SMILES string of the molecule is CC1(C)OB(B2OC(C)(C)C(C)(C)O2)OC1(C)C.CC1(C)OB(c2cnc3ccsc3c2)OC1(C)C.Cc1cc(N)cs1.Cc1cc2ncc(Br)cc2s1.Cc1cccs1.Cc1csc(C)c1.Cl.O=C=O.O=CC(Br)C=O. The summed E-state index contributed by atoms with van der Waals surface area (Å²) in [6.07, 6.45) is 4.96. The Morgan fingerprint density at radius 1 is 0.584 bits per heavy atom. The first-order valence-corrected chi connectivity index (χ1v) is 30.0. The van der Waals surface area contributed by atoms with E-state index in [4.69, 9.17) is 43.2 Å². The Bertz CT molecular complexity index is 2780. The number of nitrogen functional groups attached to an aromatic ring is 1. The van der Waals surface area contributed by atoms with Crippen LogP contribution in [0.25, 0.3) is 20.4 Å². The van der Waals surface area contributed by atoms with Crippen LogP contribution >= 0.6 is 101 Å². The van der Waals surface area contributed by atoms with Gasteiger partial charge in [0.1, 0.15) is 17.4 Å². The van der Waals surface area contributed by atoms with Crippen LogP contribution in [0.15, 0.2) is 86.9 Å². The molecule has 0 saturated carbocycles. The molecule has 0 amide bonds. The molecular formula is C53H71B3Br2ClN3O10S5. The minimum absolute atomic E-state index is 0. The van der Waals surface area contributed by atoms with Crippen molar-refractivity contribution in [1.29, 1.82) is 0 Å². The van der Waals surface area contributed by atoms with Gasteiger partial charge in [0.15, 0.2) is 0 Å². The third-order valence-electron chi connectivity index (χ3n) is 12.6. The van der Waals surface area contributed by atoms with Gasteiger partial charge in [-0.3, -0.25) is 9.97 Å². The van der Waals surface area contributed by atoms with Gasteiger partial charge in [0, 0.05) is 52.9 Å². The van der Waals surface area contributed by atoms with Gasteiger partial charge in [-0.15, -0.1) is 69.1 Å². The molecule has 0 bridgehead atoms. The molecule has 13 nitrogen and oxygen atoms in total. The van der Waals surface area contributed by atoms with Gasteiger partial charge in [-0.2, -0.15) is 9.59 Å². The van der Waals surface area contributed by atoms with Gasteiger partial charge in [-0.05, 0) is 198 Å². The molecule has 3 fully saturated rings. The fourth-order valence-electron chi connectivity index (χ4n) is 6.42. The summed E-state index contributed by atoms with van der Waals surface area (Å²) < 4.78 is 39.3. The number of halogens is 3. The molecule has 24 heteroatoms. The maximum absolute atomic E-state index is 9.46. The number of nitrogens with two attached hydrogens (primary N) is 1. The number of carbonyl (C=O) groups is 2. The largest absolute Gasteiger partial charge is 0.496 e. The molecule has 0 radical (unpaired) electrons. The number of pyridine rings is 2. The minimum atomic E-state index is -0.613. The predicted molar refractivity (Wildman–Crippen MR) is 333 cm³/mol. The molecule has 0 atom stereocenters. The van der Waals surface area contributed by atoms with E-state index < -0.39 is 18.8 Å². The topological polar surface area (TPSA) is 175 Å². The Morgan fingerprint density at radius 3 is 1.42 bits per heavy atom. The highest BCUT2D eigenvalue weighted by molar-refractivity contribution is 9.10. The smallest absolute Gasteiger partial charge is 0.405 e. The van der Waals surface area contributed by atoms with Crippen LogP contribution in [-0.2, 0) is 47.1 Å². The van der Waals surface area contributed by atoms with Gasteiger partial charge < -0.3 is 43.2 Å². The molecule has 7 aromatic heterocycles. The van der Waals surface area contributed by atoms with Crippen LogP contribution in [0.4, 0.5) is 5.69 Å². The van der Waals surface area contributed by atoms with Crippen LogP contribution in [-0.4, -0.2) is 88.3 Å². The summed E-state index contributed by atoms with van der Waals surface area (Å²) in [5, 5.41) is 8.23. The summed E-state index contributed by atoms with van der Waals surface area (Å²) in [5.74, 6) is 0. The molecule has 3 aliphatic heterocycles. The van der Waals surface area contributed by atoms with Crippen molar-refractivity contribution in [3.8, 4) is 0 Å². The number of aromatic nitrogens is 2. The highest BCUT2D eigenvalue weighted by Crippen LogP contribution is 2.43. The highest BCUT2D eigenvalue weighted by Gasteiger charge is 2.63. The summed E-state index contributed by atoms with van der Waals surface area (Å²) >= 11 is 14.8. The predicted octanol–water partition coefficient (Wildman–Crippen LogP) is 14.3. The molecule has 3 aliphatic rings. The van der Waals surface area contributed by atoms with Crippen molar-refractivity contribution in [3.05, 3.63) is 112 Å². The molecule has 10 heterocycles. The monoisotopic (exact) mass is 1300 g/mol.